The average Bonchev–Trinajstić information content (AvgIpc) is 3.23. The van der Waals surface area contributed by atoms with Gasteiger partial charge in [-0.25, -0.2) is 0 Å². The molecule has 1 amide bonds. The maximum atomic E-state index is 13.3. The van der Waals surface area contributed by atoms with Crippen LogP contribution in [0.15, 0.2) is 41.1 Å². The molecule has 1 aromatic carbocycles. The zero-order valence-electron chi connectivity index (χ0n) is 18.0. The third-order valence-corrected chi connectivity index (χ3v) is 5.78. The number of nitrogens with one attached hydrogen (secondary N) is 2. The lowest BCUT2D eigenvalue weighted by atomic mass is 9.97. The number of hydrogen-bond donors (Lipinski definition) is 2. The summed E-state index contributed by atoms with van der Waals surface area (Å²) in [5.41, 5.74) is 8.26. The Labute approximate surface area is 173 Å². The molecule has 2 aromatic rings. The Morgan fingerprint density at radius 2 is 1.59 bits per heavy atom. The minimum Gasteiger partial charge on any atom is -0.352 e. The molecular formula is C25H30N2O2. The van der Waals surface area contributed by atoms with Crippen LogP contribution >= 0.6 is 0 Å². The highest BCUT2D eigenvalue weighted by molar-refractivity contribution is 6.10. The van der Waals surface area contributed by atoms with Crippen LogP contribution in [0.5, 0.6) is 0 Å². The van der Waals surface area contributed by atoms with Gasteiger partial charge in [-0.3, -0.25) is 9.59 Å². The summed E-state index contributed by atoms with van der Waals surface area (Å²) >= 11 is 0. The maximum absolute atomic E-state index is 13.3. The van der Waals surface area contributed by atoms with Crippen molar-refractivity contribution in [1.82, 2.24) is 10.3 Å². The quantitative estimate of drug-likeness (QED) is 0.633. The van der Waals surface area contributed by atoms with Gasteiger partial charge < -0.3 is 10.3 Å². The van der Waals surface area contributed by atoms with Gasteiger partial charge in [0.25, 0.3) is 5.91 Å². The number of benzene rings is 1. The first-order chi connectivity index (χ1) is 14.0. The summed E-state index contributed by atoms with van der Waals surface area (Å²) in [6, 6.07) is 7.69. The smallest absolute Gasteiger partial charge is 0.251 e. The first-order valence-electron chi connectivity index (χ1n) is 10.6. The predicted molar refractivity (Wildman–Crippen MR) is 118 cm³/mol. The van der Waals surface area contributed by atoms with E-state index in [1.165, 1.54) is 0 Å². The molecule has 3 rings (SSSR count). The van der Waals surface area contributed by atoms with Crippen molar-refractivity contribution in [2.75, 3.05) is 0 Å². The van der Waals surface area contributed by atoms with Crippen LogP contribution < -0.4 is 5.32 Å². The van der Waals surface area contributed by atoms with E-state index in [4.69, 9.17) is 0 Å². The summed E-state index contributed by atoms with van der Waals surface area (Å²) in [7, 11) is 0. The molecule has 0 atom stereocenters. The lowest BCUT2D eigenvalue weighted by Crippen LogP contribution is -2.16. The van der Waals surface area contributed by atoms with Crippen molar-refractivity contribution in [1.29, 1.82) is 0 Å². The number of ketones is 1. The number of aromatic nitrogens is 1. The Bertz CT molecular complexity index is 1020. The topological polar surface area (TPSA) is 62.0 Å². The molecule has 0 saturated carbocycles. The number of allylic oxidation sites excluding steroid dienone is 1. The van der Waals surface area contributed by atoms with Crippen LogP contribution in [0.25, 0.3) is 6.08 Å². The summed E-state index contributed by atoms with van der Waals surface area (Å²) in [4.78, 5) is 29.0. The van der Waals surface area contributed by atoms with Crippen LogP contribution in [-0.2, 0) is 17.6 Å². The highest BCUT2D eigenvalue weighted by Gasteiger charge is 2.26. The fourth-order valence-electron chi connectivity index (χ4n) is 4.29. The molecule has 4 nitrogen and oxygen atoms in total. The number of rotatable bonds is 7. The Morgan fingerprint density at radius 1 is 0.931 bits per heavy atom. The Morgan fingerprint density at radius 3 is 2.17 bits per heavy atom. The molecule has 4 heteroatoms. The number of aryl methyl sites for hydroxylation is 1. The van der Waals surface area contributed by atoms with Crippen molar-refractivity contribution < 1.29 is 9.59 Å². The van der Waals surface area contributed by atoms with Gasteiger partial charge in [0, 0.05) is 22.5 Å². The van der Waals surface area contributed by atoms with Crippen LogP contribution in [0.4, 0.5) is 0 Å². The summed E-state index contributed by atoms with van der Waals surface area (Å²) in [5, 5.41) is 3.02. The van der Waals surface area contributed by atoms with Crippen molar-refractivity contribution in [2.45, 2.75) is 60.3 Å². The van der Waals surface area contributed by atoms with Crippen LogP contribution in [0.1, 0.15) is 79.0 Å². The van der Waals surface area contributed by atoms with Gasteiger partial charge in [-0.2, -0.15) is 0 Å². The number of hydrogen-bond acceptors (Lipinski definition) is 2. The number of amides is 1. The van der Waals surface area contributed by atoms with E-state index in [9.17, 15) is 9.59 Å². The summed E-state index contributed by atoms with van der Waals surface area (Å²) in [6.07, 6.45) is 5.12. The van der Waals surface area contributed by atoms with E-state index in [2.05, 4.69) is 31.1 Å². The normalized spacial score (nSPS) is 15.3. The van der Waals surface area contributed by atoms with Crippen molar-refractivity contribution in [3.05, 3.63) is 74.8 Å². The van der Waals surface area contributed by atoms with Crippen molar-refractivity contribution in [3.63, 3.8) is 0 Å². The van der Waals surface area contributed by atoms with Gasteiger partial charge in [-0.15, -0.1) is 0 Å². The zero-order chi connectivity index (χ0) is 21.1. The Balaban J connectivity index is 2.13. The summed E-state index contributed by atoms with van der Waals surface area (Å²) in [5.74, 6) is 0.0161. The van der Waals surface area contributed by atoms with E-state index in [0.717, 1.165) is 70.5 Å². The molecule has 2 N–H and O–H groups in total. The van der Waals surface area contributed by atoms with Crippen molar-refractivity contribution in [2.24, 2.45) is 0 Å². The second kappa shape index (κ2) is 8.64. The molecule has 1 aliphatic heterocycles. The summed E-state index contributed by atoms with van der Waals surface area (Å²) in [6.45, 7) is 10.2. The molecule has 1 aliphatic rings. The molecule has 29 heavy (non-hydrogen) atoms. The molecule has 152 valence electrons. The van der Waals surface area contributed by atoms with Gasteiger partial charge in [0.2, 0.25) is 5.78 Å². The number of carbonyl (C=O) groups is 2. The van der Waals surface area contributed by atoms with E-state index < -0.39 is 0 Å². The highest BCUT2D eigenvalue weighted by Crippen LogP contribution is 2.30. The van der Waals surface area contributed by atoms with Crippen molar-refractivity contribution >= 4 is 17.8 Å². The molecule has 0 aliphatic carbocycles. The molecular weight excluding hydrogens is 360 g/mol. The third kappa shape index (κ3) is 3.71. The lowest BCUT2D eigenvalue weighted by molar-refractivity contribution is -0.116. The maximum Gasteiger partial charge on any atom is 0.251 e. The van der Waals surface area contributed by atoms with Crippen LogP contribution in [0, 0.1) is 6.92 Å². The second-order valence-corrected chi connectivity index (χ2v) is 7.40. The standard InChI is InChI=1S/C25H30N2O2/c1-6-16-18(8-3)23(24(28)20-13-11-10-12-15(20)5)26-21(16)14-22-17(7-2)19(9-4)25(29)27-22/h10-14,26H,6-9H2,1-5H3,(H,27,29)/b22-14-. The fourth-order valence-corrected chi connectivity index (χ4v) is 4.29. The minimum atomic E-state index is -0.00729. The average molecular weight is 391 g/mol. The van der Waals surface area contributed by atoms with Crippen LogP contribution in [0.2, 0.25) is 0 Å². The summed E-state index contributed by atoms with van der Waals surface area (Å²) < 4.78 is 0. The molecule has 0 unspecified atom stereocenters. The molecule has 0 radical (unpaired) electrons. The van der Waals surface area contributed by atoms with E-state index in [-0.39, 0.29) is 11.7 Å². The van der Waals surface area contributed by atoms with E-state index in [1.807, 2.05) is 44.2 Å². The molecule has 1 aromatic heterocycles. The minimum absolute atomic E-state index is 0.00729. The molecule has 2 heterocycles. The zero-order valence-corrected chi connectivity index (χ0v) is 18.0. The number of carbonyl (C=O) groups excluding carboxylic acids is 2. The Hall–Kier alpha value is -2.88. The predicted octanol–water partition coefficient (Wildman–Crippen LogP) is 5.27. The highest BCUT2D eigenvalue weighted by atomic mass is 16.2. The lowest BCUT2D eigenvalue weighted by Gasteiger charge is -2.06. The first-order valence-corrected chi connectivity index (χ1v) is 10.6. The van der Waals surface area contributed by atoms with Gasteiger partial charge in [0.1, 0.15) is 0 Å². The monoisotopic (exact) mass is 390 g/mol. The number of aromatic amines is 1. The fraction of sp³-hybridized carbons (Fsp3) is 0.360. The van der Waals surface area contributed by atoms with Crippen LogP contribution in [0.3, 0.4) is 0 Å². The Kier molecular flexibility index (Phi) is 6.21. The third-order valence-electron chi connectivity index (χ3n) is 5.78. The van der Waals surface area contributed by atoms with Gasteiger partial charge in [-0.05, 0) is 60.9 Å². The van der Waals surface area contributed by atoms with E-state index >= 15 is 0 Å². The van der Waals surface area contributed by atoms with Gasteiger partial charge in [0.15, 0.2) is 0 Å². The second-order valence-electron chi connectivity index (χ2n) is 7.40. The van der Waals surface area contributed by atoms with Gasteiger partial charge >= 0.3 is 0 Å². The molecule has 0 fully saturated rings. The SMILES string of the molecule is CCC1=C(CC)/C(=C/c2[nH]c(C(=O)c3ccccc3C)c(CC)c2CC)NC1=O. The van der Waals surface area contributed by atoms with Crippen molar-refractivity contribution in [3.8, 4) is 0 Å². The molecule has 0 spiro atoms. The number of H-pyrrole nitrogens is 1. The van der Waals surface area contributed by atoms with E-state index in [0.29, 0.717) is 5.69 Å². The van der Waals surface area contributed by atoms with Gasteiger partial charge in [0.05, 0.1) is 5.69 Å². The van der Waals surface area contributed by atoms with E-state index in [1.54, 1.807) is 0 Å². The largest absolute Gasteiger partial charge is 0.352 e. The first kappa shape index (κ1) is 20.8. The molecule has 0 saturated heterocycles. The van der Waals surface area contributed by atoms with Gasteiger partial charge in [-0.1, -0.05) is 52.0 Å². The molecule has 0 bridgehead atoms. The van der Waals surface area contributed by atoms with Crippen LogP contribution in [-0.4, -0.2) is 16.7 Å².